The molecule has 1 saturated carbocycles. The van der Waals surface area contributed by atoms with Crippen LogP contribution in [0.25, 0.3) is 0 Å². The molecule has 2 atom stereocenters. The molecular formula is C13H12ClFN6. The van der Waals surface area contributed by atoms with Crippen LogP contribution in [-0.4, -0.2) is 26.8 Å². The first-order valence-electron chi connectivity index (χ1n) is 6.33. The molecule has 108 valence electrons. The molecule has 0 amide bonds. The molecule has 0 spiro atoms. The Morgan fingerprint density at radius 2 is 2.48 bits per heavy atom. The third kappa shape index (κ3) is 2.33. The number of nitrogens with zero attached hydrogens (tertiary/aromatic N) is 4. The highest BCUT2D eigenvalue weighted by Gasteiger charge is 2.55. The Hall–Kier alpha value is -2.17. The van der Waals surface area contributed by atoms with Gasteiger partial charge < -0.3 is 11.1 Å². The van der Waals surface area contributed by atoms with Gasteiger partial charge >= 0.3 is 0 Å². The van der Waals surface area contributed by atoms with Crippen LogP contribution in [0.5, 0.6) is 0 Å². The molecule has 3 N–H and O–H groups in total. The van der Waals surface area contributed by atoms with Gasteiger partial charge in [0.1, 0.15) is 11.2 Å². The Morgan fingerprint density at radius 3 is 3.10 bits per heavy atom. The zero-order chi connectivity index (χ0) is 15.0. The van der Waals surface area contributed by atoms with E-state index in [2.05, 4.69) is 15.4 Å². The summed E-state index contributed by atoms with van der Waals surface area (Å²) in [5, 5.41) is 15.9. The number of hydrogen-bond donors (Lipinski definition) is 2. The second kappa shape index (κ2) is 4.98. The minimum absolute atomic E-state index is 0.000828. The summed E-state index contributed by atoms with van der Waals surface area (Å²) in [6.45, 7) is 0.302. The zero-order valence-electron chi connectivity index (χ0n) is 10.9. The molecule has 2 aromatic heterocycles. The van der Waals surface area contributed by atoms with Crippen molar-refractivity contribution in [1.29, 1.82) is 5.26 Å². The highest BCUT2D eigenvalue weighted by molar-refractivity contribution is 6.30. The van der Waals surface area contributed by atoms with E-state index < -0.39 is 11.4 Å². The second-order valence-electron chi connectivity index (χ2n) is 4.96. The Balaban J connectivity index is 1.87. The molecule has 0 radical (unpaired) electrons. The summed E-state index contributed by atoms with van der Waals surface area (Å²) in [7, 11) is 0. The number of pyridine rings is 1. The Morgan fingerprint density at radius 1 is 1.67 bits per heavy atom. The van der Waals surface area contributed by atoms with Gasteiger partial charge in [-0.05, 0) is 18.6 Å². The van der Waals surface area contributed by atoms with Crippen molar-refractivity contribution in [3.63, 3.8) is 0 Å². The number of nitriles is 1. The van der Waals surface area contributed by atoms with Crippen LogP contribution < -0.4 is 11.1 Å². The maximum atomic E-state index is 14.0. The van der Waals surface area contributed by atoms with E-state index in [9.17, 15) is 4.39 Å². The number of anilines is 1. The monoisotopic (exact) mass is 306 g/mol. The Labute approximate surface area is 125 Å². The normalized spacial score (nSPS) is 23.6. The lowest BCUT2D eigenvalue weighted by Gasteiger charge is -2.18. The topological polar surface area (TPSA) is 92.6 Å². The van der Waals surface area contributed by atoms with Crippen LogP contribution in [0.2, 0.25) is 5.15 Å². The van der Waals surface area contributed by atoms with Crippen LogP contribution in [0, 0.1) is 17.1 Å². The van der Waals surface area contributed by atoms with Gasteiger partial charge in [0.15, 0.2) is 11.6 Å². The largest absolute Gasteiger partial charge is 0.359 e. The maximum Gasteiger partial charge on any atom is 0.166 e. The molecule has 2 aromatic rings. The van der Waals surface area contributed by atoms with E-state index in [1.54, 1.807) is 16.9 Å². The van der Waals surface area contributed by atoms with Crippen LogP contribution in [0.3, 0.4) is 0 Å². The van der Waals surface area contributed by atoms with Gasteiger partial charge in [0, 0.05) is 18.9 Å². The van der Waals surface area contributed by atoms with E-state index in [-0.39, 0.29) is 22.6 Å². The molecule has 0 saturated heterocycles. The van der Waals surface area contributed by atoms with Crippen molar-refractivity contribution in [2.75, 3.05) is 11.9 Å². The summed E-state index contributed by atoms with van der Waals surface area (Å²) in [6, 6.07) is 4.70. The van der Waals surface area contributed by atoms with Gasteiger partial charge in [-0.2, -0.15) is 10.4 Å². The Kier molecular flexibility index (Phi) is 3.27. The summed E-state index contributed by atoms with van der Waals surface area (Å²) in [4.78, 5) is 3.90. The first kappa shape index (κ1) is 13.8. The lowest BCUT2D eigenvalue weighted by Crippen LogP contribution is -2.35. The van der Waals surface area contributed by atoms with Crippen LogP contribution in [-0.2, 0) is 0 Å². The molecule has 6 nitrogen and oxygen atoms in total. The molecule has 1 aliphatic rings. The minimum Gasteiger partial charge on any atom is -0.359 e. The average Bonchev–Trinajstić information content (AvgIpc) is 2.94. The second-order valence-corrected chi connectivity index (χ2v) is 5.32. The fourth-order valence-electron chi connectivity index (χ4n) is 2.37. The van der Waals surface area contributed by atoms with Crippen molar-refractivity contribution in [2.24, 2.45) is 5.73 Å². The molecular weight excluding hydrogens is 295 g/mol. The van der Waals surface area contributed by atoms with Crippen molar-refractivity contribution >= 4 is 17.4 Å². The molecule has 1 fully saturated rings. The lowest BCUT2D eigenvalue weighted by atomic mass is 10.2. The van der Waals surface area contributed by atoms with Crippen LogP contribution >= 0.6 is 11.6 Å². The SMILES string of the molecule is N#Cc1cc(F)c(NC2(CN)C[C@@H]2n2cccn2)nc1Cl. The number of nitrogens with one attached hydrogen (secondary N) is 1. The Bertz CT molecular complexity index is 710. The van der Waals surface area contributed by atoms with Gasteiger partial charge in [-0.1, -0.05) is 11.6 Å². The number of halogens is 2. The van der Waals surface area contributed by atoms with E-state index in [1.807, 2.05) is 12.3 Å². The summed E-state index contributed by atoms with van der Waals surface area (Å²) in [6.07, 6.45) is 4.22. The van der Waals surface area contributed by atoms with Crippen LogP contribution in [0.4, 0.5) is 10.2 Å². The summed E-state index contributed by atoms with van der Waals surface area (Å²) in [5.41, 5.74) is 5.32. The molecule has 1 aliphatic carbocycles. The van der Waals surface area contributed by atoms with Gasteiger partial charge in [0.2, 0.25) is 0 Å². The highest BCUT2D eigenvalue weighted by atomic mass is 35.5. The average molecular weight is 307 g/mol. The molecule has 0 aliphatic heterocycles. The molecule has 3 rings (SSSR count). The van der Waals surface area contributed by atoms with Crippen LogP contribution in [0.1, 0.15) is 18.0 Å². The third-order valence-electron chi connectivity index (χ3n) is 3.66. The van der Waals surface area contributed by atoms with Crippen molar-refractivity contribution < 1.29 is 4.39 Å². The predicted octanol–water partition coefficient (Wildman–Crippen LogP) is 1.70. The van der Waals surface area contributed by atoms with Crippen LogP contribution in [0.15, 0.2) is 24.5 Å². The molecule has 2 heterocycles. The van der Waals surface area contributed by atoms with Crippen molar-refractivity contribution in [1.82, 2.24) is 14.8 Å². The van der Waals surface area contributed by atoms with E-state index >= 15 is 0 Å². The number of rotatable bonds is 4. The predicted molar refractivity (Wildman–Crippen MR) is 75.2 cm³/mol. The molecule has 8 heteroatoms. The molecule has 21 heavy (non-hydrogen) atoms. The quantitative estimate of drug-likeness (QED) is 0.839. The van der Waals surface area contributed by atoms with E-state index in [0.717, 1.165) is 6.07 Å². The maximum absolute atomic E-state index is 14.0. The summed E-state index contributed by atoms with van der Waals surface area (Å²) in [5.74, 6) is -0.631. The van der Waals surface area contributed by atoms with E-state index in [4.69, 9.17) is 22.6 Å². The zero-order valence-corrected chi connectivity index (χ0v) is 11.7. The number of nitrogens with two attached hydrogens (primary N) is 1. The highest BCUT2D eigenvalue weighted by Crippen LogP contribution is 2.49. The molecule has 0 bridgehead atoms. The van der Waals surface area contributed by atoms with Crippen molar-refractivity contribution in [3.8, 4) is 6.07 Å². The van der Waals surface area contributed by atoms with Gasteiger partial charge in [-0.3, -0.25) is 4.68 Å². The molecule has 0 aromatic carbocycles. The number of aromatic nitrogens is 3. The van der Waals surface area contributed by atoms with Gasteiger partial charge in [-0.15, -0.1) is 0 Å². The lowest BCUT2D eigenvalue weighted by molar-refractivity contribution is 0.553. The minimum atomic E-state index is -0.630. The fourth-order valence-corrected chi connectivity index (χ4v) is 2.55. The van der Waals surface area contributed by atoms with Gasteiger partial charge in [-0.25, -0.2) is 9.37 Å². The summed E-state index contributed by atoms with van der Waals surface area (Å²) < 4.78 is 15.8. The van der Waals surface area contributed by atoms with Crippen molar-refractivity contribution in [3.05, 3.63) is 41.1 Å². The van der Waals surface area contributed by atoms with E-state index in [1.165, 1.54) is 0 Å². The fraction of sp³-hybridized carbons (Fsp3) is 0.308. The van der Waals surface area contributed by atoms with E-state index in [0.29, 0.717) is 13.0 Å². The van der Waals surface area contributed by atoms with Gasteiger partial charge in [0.05, 0.1) is 17.1 Å². The standard InChI is InChI=1S/C13H12ClFN6/c14-11-8(6-16)4-9(15)12(19-11)20-13(7-17)5-10(13)21-3-1-2-18-21/h1-4,10H,5,7,17H2,(H,19,20)/t10-,13?/m0/s1. The van der Waals surface area contributed by atoms with Crippen molar-refractivity contribution in [2.45, 2.75) is 18.0 Å². The first-order chi connectivity index (χ1) is 10.1. The first-order valence-corrected chi connectivity index (χ1v) is 6.71. The van der Waals surface area contributed by atoms with Gasteiger partial charge in [0.25, 0.3) is 0 Å². The smallest absolute Gasteiger partial charge is 0.166 e. The molecule has 1 unspecified atom stereocenters. The third-order valence-corrected chi connectivity index (χ3v) is 3.95. The summed E-state index contributed by atoms with van der Waals surface area (Å²) >= 11 is 5.84. The number of hydrogen-bond acceptors (Lipinski definition) is 5.